The molecule has 4 rings (SSSR count). The van der Waals surface area contributed by atoms with Crippen LogP contribution in [0.25, 0.3) is 11.2 Å². The number of fused-ring (bicyclic) bond motifs is 1. The van der Waals surface area contributed by atoms with Crippen LogP contribution in [0.5, 0.6) is 0 Å². The quantitative estimate of drug-likeness (QED) is 0.735. The molecule has 0 aliphatic heterocycles. The first-order valence-corrected chi connectivity index (χ1v) is 9.05. The van der Waals surface area contributed by atoms with E-state index in [1.165, 1.54) is 25.1 Å². The number of imidazole rings is 1. The zero-order valence-electron chi connectivity index (χ0n) is 14.9. The summed E-state index contributed by atoms with van der Waals surface area (Å²) in [5, 5.41) is 2.67. The Morgan fingerprint density at radius 1 is 1.14 bits per heavy atom. The Morgan fingerprint density at radius 2 is 1.93 bits per heavy atom. The standard InChI is InChI=1S/C19H18F3N5O/c20-19(21,22)16-6-5-12(8-23-16)9-25-18(28)13-7-15-17(24-10-13)27(11-26-15)14-3-1-2-4-14/h5-8,10-11,14H,1-4,9H2,(H,25,28). The zero-order valence-corrected chi connectivity index (χ0v) is 14.9. The lowest BCUT2D eigenvalue weighted by atomic mass is 10.2. The third-order valence-corrected chi connectivity index (χ3v) is 4.96. The van der Waals surface area contributed by atoms with Gasteiger partial charge in [0.2, 0.25) is 0 Å². The third kappa shape index (κ3) is 3.69. The first kappa shape index (κ1) is 18.4. The van der Waals surface area contributed by atoms with Crippen LogP contribution >= 0.6 is 0 Å². The van der Waals surface area contributed by atoms with E-state index in [2.05, 4.69) is 24.8 Å². The van der Waals surface area contributed by atoms with E-state index < -0.39 is 11.9 Å². The highest BCUT2D eigenvalue weighted by Gasteiger charge is 2.32. The molecule has 1 aliphatic rings. The van der Waals surface area contributed by atoms with Gasteiger partial charge in [-0.1, -0.05) is 18.9 Å². The van der Waals surface area contributed by atoms with Crippen molar-refractivity contribution in [1.82, 2.24) is 24.8 Å². The number of rotatable bonds is 4. The van der Waals surface area contributed by atoms with Crippen LogP contribution in [0.1, 0.15) is 53.3 Å². The Morgan fingerprint density at radius 3 is 2.61 bits per heavy atom. The van der Waals surface area contributed by atoms with Gasteiger partial charge in [-0.3, -0.25) is 9.78 Å². The van der Waals surface area contributed by atoms with Crippen LogP contribution in [-0.4, -0.2) is 25.4 Å². The summed E-state index contributed by atoms with van der Waals surface area (Å²) in [4.78, 5) is 24.5. The second kappa shape index (κ2) is 7.21. The first-order valence-electron chi connectivity index (χ1n) is 9.05. The van der Waals surface area contributed by atoms with Crippen molar-refractivity contribution >= 4 is 17.1 Å². The topological polar surface area (TPSA) is 72.7 Å². The number of carbonyl (C=O) groups excluding carboxylic acids is 1. The van der Waals surface area contributed by atoms with Crippen LogP contribution < -0.4 is 5.32 Å². The van der Waals surface area contributed by atoms with Crippen LogP contribution in [0.3, 0.4) is 0 Å². The average molecular weight is 389 g/mol. The Hall–Kier alpha value is -2.97. The molecule has 0 unspecified atom stereocenters. The second-order valence-corrected chi connectivity index (χ2v) is 6.89. The smallest absolute Gasteiger partial charge is 0.348 e. The highest BCUT2D eigenvalue weighted by Crippen LogP contribution is 2.31. The predicted octanol–water partition coefficient (Wildman–Crippen LogP) is 3.89. The number of hydrogen-bond donors (Lipinski definition) is 1. The summed E-state index contributed by atoms with van der Waals surface area (Å²) in [5.41, 5.74) is 1.27. The van der Waals surface area contributed by atoms with Gasteiger partial charge in [-0.05, 0) is 30.5 Å². The van der Waals surface area contributed by atoms with E-state index in [9.17, 15) is 18.0 Å². The molecule has 1 fully saturated rings. The number of nitrogens with zero attached hydrogens (tertiary/aromatic N) is 4. The minimum Gasteiger partial charge on any atom is -0.348 e. The van der Waals surface area contributed by atoms with Gasteiger partial charge in [0.05, 0.1) is 11.9 Å². The molecule has 1 amide bonds. The highest BCUT2D eigenvalue weighted by molar-refractivity contribution is 5.96. The summed E-state index contributed by atoms with van der Waals surface area (Å²) in [6.07, 6.45) is 4.50. The number of hydrogen-bond acceptors (Lipinski definition) is 4. The van der Waals surface area contributed by atoms with Gasteiger partial charge in [-0.2, -0.15) is 13.2 Å². The number of amides is 1. The SMILES string of the molecule is O=C(NCc1ccc(C(F)(F)F)nc1)c1cnc2c(c1)ncn2C1CCCC1. The maximum Gasteiger partial charge on any atom is 0.433 e. The molecule has 3 heterocycles. The van der Waals surface area contributed by atoms with Gasteiger partial charge in [-0.15, -0.1) is 0 Å². The molecule has 1 saturated carbocycles. The fourth-order valence-electron chi connectivity index (χ4n) is 3.47. The number of nitrogens with one attached hydrogen (secondary N) is 1. The van der Waals surface area contributed by atoms with E-state index in [4.69, 9.17) is 0 Å². The molecular weight excluding hydrogens is 371 g/mol. The van der Waals surface area contributed by atoms with Crippen molar-refractivity contribution in [2.75, 3.05) is 0 Å². The van der Waals surface area contributed by atoms with Gasteiger partial charge < -0.3 is 9.88 Å². The van der Waals surface area contributed by atoms with Gasteiger partial charge in [0.1, 0.15) is 11.2 Å². The molecule has 0 atom stereocenters. The van der Waals surface area contributed by atoms with Gasteiger partial charge in [0, 0.05) is 25.0 Å². The average Bonchev–Trinajstić information content (AvgIpc) is 3.34. The maximum atomic E-state index is 12.5. The van der Waals surface area contributed by atoms with E-state index in [0.29, 0.717) is 22.7 Å². The van der Waals surface area contributed by atoms with E-state index in [-0.39, 0.29) is 12.5 Å². The monoisotopic (exact) mass is 389 g/mol. The van der Waals surface area contributed by atoms with Crippen LogP contribution in [-0.2, 0) is 12.7 Å². The Bertz CT molecular complexity index is 991. The fraction of sp³-hybridized carbons (Fsp3) is 0.368. The predicted molar refractivity (Wildman–Crippen MR) is 95.4 cm³/mol. The van der Waals surface area contributed by atoms with Crippen molar-refractivity contribution in [2.45, 2.75) is 44.4 Å². The van der Waals surface area contributed by atoms with Gasteiger partial charge in [0.15, 0.2) is 5.65 Å². The molecule has 0 saturated heterocycles. The zero-order chi connectivity index (χ0) is 19.7. The minimum absolute atomic E-state index is 0.0680. The lowest BCUT2D eigenvalue weighted by Gasteiger charge is -2.11. The van der Waals surface area contributed by atoms with Gasteiger partial charge in [0.25, 0.3) is 5.91 Å². The molecule has 1 N–H and O–H groups in total. The molecule has 1 aliphatic carbocycles. The van der Waals surface area contributed by atoms with Crippen LogP contribution in [0, 0.1) is 0 Å². The molecule has 0 aromatic carbocycles. The summed E-state index contributed by atoms with van der Waals surface area (Å²) in [6.45, 7) is 0.0680. The molecule has 3 aromatic rings. The first-order chi connectivity index (χ1) is 13.4. The summed E-state index contributed by atoms with van der Waals surface area (Å²) in [5.74, 6) is -0.371. The summed E-state index contributed by atoms with van der Waals surface area (Å²) in [6, 6.07) is 4.27. The Labute approximate surface area is 158 Å². The van der Waals surface area contributed by atoms with Crippen molar-refractivity contribution < 1.29 is 18.0 Å². The number of pyridine rings is 2. The second-order valence-electron chi connectivity index (χ2n) is 6.89. The summed E-state index contributed by atoms with van der Waals surface area (Å²) >= 11 is 0. The molecule has 0 bridgehead atoms. The summed E-state index contributed by atoms with van der Waals surface area (Å²) < 4.78 is 39.7. The van der Waals surface area contributed by atoms with Crippen molar-refractivity contribution in [3.05, 3.63) is 53.7 Å². The van der Waals surface area contributed by atoms with E-state index in [1.807, 2.05) is 0 Å². The summed E-state index contributed by atoms with van der Waals surface area (Å²) in [7, 11) is 0. The molecule has 6 nitrogen and oxygen atoms in total. The van der Waals surface area contributed by atoms with E-state index in [0.717, 1.165) is 30.8 Å². The van der Waals surface area contributed by atoms with Crippen molar-refractivity contribution in [3.8, 4) is 0 Å². The molecule has 0 spiro atoms. The Balaban J connectivity index is 1.44. The molecule has 0 radical (unpaired) electrons. The van der Waals surface area contributed by atoms with Crippen LogP contribution in [0.4, 0.5) is 13.2 Å². The molecular formula is C19H18F3N5O. The minimum atomic E-state index is -4.48. The molecule has 28 heavy (non-hydrogen) atoms. The number of halogens is 3. The lowest BCUT2D eigenvalue weighted by Crippen LogP contribution is -2.23. The van der Waals surface area contributed by atoms with Crippen LogP contribution in [0.15, 0.2) is 36.9 Å². The van der Waals surface area contributed by atoms with Gasteiger partial charge >= 0.3 is 6.18 Å². The highest BCUT2D eigenvalue weighted by atomic mass is 19.4. The number of alkyl halides is 3. The van der Waals surface area contributed by atoms with E-state index in [1.54, 1.807) is 12.4 Å². The van der Waals surface area contributed by atoms with Crippen molar-refractivity contribution in [3.63, 3.8) is 0 Å². The fourth-order valence-corrected chi connectivity index (χ4v) is 3.47. The van der Waals surface area contributed by atoms with Gasteiger partial charge in [-0.25, -0.2) is 9.97 Å². The number of carbonyl (C=O) groups is 1. The largest absolute Gasteiger partial charge is 0.433 e. The Kier molecular flexibility index (Phi) is 4.74. The van der Waals surface area contributed by atoms with E-state index >= 15 is 0 Å². The molecule has 3 aromatic heterocycles. The lowest BCUT2D eigenvalue weighted by molar-refractivity contribution is -0.141. The normalized spacial score (nSPS) is 15.2. The number of aromatic nitrogens is 4. The van der Waals surface area contributed by atoms with Crippen molar-refractivity contribution in [2.24, 2.45) is 0 Å². The van der Waals surface area contributed by atoms with Crippen LogP contribution in [0.2, 0.25) is 0 Å². The molecule has 146 valence electrons. The third-order valence-electron chi connectivity index (χ3n) is 4.96. The molecule has 9 heteroatoms. The van der Waals surface area contributed by atoms with Crippen molar-refractivity contribution in [1.29, 1.82) is 0 Å². The maximum absolute atomic E-state index is 12.5.